The zero-order valence-corrected chi connectivity index (χ0v) is 18.3. The largest absolute Gasteiger partial charge is 0.496 e. The molecule has 7 heteroatoms. The molecule has 0 radical (unpaired) electrons. The Morgan fingerprint density at radius 2 is 1.90 bits per heavy atom. The van der Waals surface area contributed by atoms with Crippen molar-refractivity contribution in [3.63, 3.8) is 0 Å². The fourth-order valence-electron chi connectivity index (χ4n) is 3.55. The van der Waals surface area contributed by atoms with Crippen molar-refractivity contribution < 1.29 is 19.0 Å². The molecule has 3 rings (SSSR count). The third-order valence-corrected chi connectivity index (χ3v) is 5.50. The van der Waals surface area contributed by atoms with Gasteiger partial charge in [0.2, 0.25) is 0 Å². The van der Waals surface area contributed by atoms with Crippen LogP contribution in [0.4, 0.5) is 0 Å². The van der Waals surface area contributed by atoms with Gasteiger partial charge in [-0.05, 0) is 37.1 Å². The zero-order valence-electron chi connectivity index (χ0n) is 17.5. The van der Waals surface area contributed by atoms with Crippen LogP contribution < -0.4 is 14.8 Å². The normalized spacial score (nSPS) is 15.0. The Kier molecular flexibility index (Phi) is 8.37. The first-order valence-corrected chi connectivity index (χ1v) is 10.6. The Balaban J connectivity index is 1.50. The lowest BCUT2D eigenvalue weighted by atomic mass is 10.1. The van der Waals surface area contributed by atoms with Gasteiger partial charge in [0.1, 0.15) is 17.6 Å². The molecule has 0 saturated carbocycles. The van der Waals surface area contributed by atoms with Crippen molar-refractivity contribution in [3.8, 4) is 11.5 Å². The molecule has 0 spiro atoms. The maximum Gasteiger partial charge on any atom is 0.251 e. The fourth-order valence-corrected chi connectivity index (χ4v) is 3.77. The van der Waals surface area contributed by atoms with Gasteiger partial charge >= 0.3 is 0 Å². The van der Waals surface area contributed by atoms with E-state index in [9.17, 15) is 4.79 Å². The third kappa shape index (κ3) is 6.11. The first-order chi connectivity index (χ1) is 14.6. The van der Waals surface area contributed by atoms with Gasteiger partial charge in [-0.3, -0.25) is 9.69 Å². The average Bonchev–Trinajstić information content (AvgIpc) is 2.77. The second-order valence-electron chi connectivity index (χ2n) is 7.30. The number of rotatable bonds is 9. The van der Waals surface area contributed by atoms with E-state index < -0.39 is 0 Å². The van der Waals surface area contributed by atoms with Crippen molar-refractivity contribution in [2.24, 2.45) is 0 Å². The van der Waals surface area contributed by atoms with Crippen molar-refractivity contribution in [1.82, 2.24) is 10.2 Å². The second kappa shape index (κ2) is 11.2. The van der Waals surface area contributed by atoms with Gasteiger partial charge in [-0.2, -0.15) is 0 Å². The monoisotopic (exact) mass is 432 g/mol. The van der Waals surface area contributed by atoms with Crippen LogP contribution in [0.5, 0.6) is 11.5 Å². The van der Waals surface area contributed by atoms with Crippen LogP contribution in [0.25, 0.3) is 0 Å². The molecule has 0 atom stereocenters. The number of likely N-dealkylation sites (tertiary alicyclic amines) is 1. The van der Waals surface area contributed by atoms with Crippen LogP contribution >= 0.6 is 11.6 Å². The van der Waals surface area contributed by atoms with Crippen molar-refractivity contribution >= 4 is 17.5 Å². The molecule has 0 bridgehead atoms. The van der Waals surface area contributed by atoms with E-state index in [0.29, 0.717) is 29.5 Å². The summed E-state index contributed by atoms with van der Waals surface area (Å²) in [6.45, 7) is 3.68. The van der Waals surface area contributed by atoms with Crippen LogP contribution in [-0.2, 0) is 11.3 Å². The molecule has 1 amide bonds. The summed E-state index contributed by atoms with van der Waals surface area (Å²) in [4.78, 5) is 14.5. The summed E-state index contributed by atoms with van der Waals surface area (Å²) in [6, 6.07) is 13.3. The first kappa shape index (κ1) is 22.4. The van der Waals surface area contributed by atoms with Crippen LogP contribution in [0.1, 0.15) is 28.8 Å². The van der Waals surface area contributed by atoms with Gasteiger partial charge < -0.3 is 19.5 Å². The highest BCUT2D eigenvalue weighted by Gasteiger charge is 2.22. The smallest absolute Gasteiger partial charge is 0.251 e. The molecule has 0 aromatic heterocycles. The molecule has 2 aromatic rings. The lowest BCUT2D eigenvalue weighted by Crippen LogP contribution is -2.37. The van der Waals surface area contributed by atoms with Crippen LogP contribution in [-0.4, -0.2) is 57.4 Å². The van der Waals surface area contributed by atoms with E-state index in [4.69, 9.17) is 25.8 Å². The molecule has 1 aliphatic rings. The SMILES string of the molecule is COCCNC(=O)c1ccc(OC2CCN(Cc3ccccc3OC)CC2)c(Cl)c1. The molecule has 0 aliphatic carbocycles. The average molecular weight is 433 g/mol. The maximum absolute atomic E-state index is 12.1. The minimum absolute atomic E-state index is 0.109. The number of hydrogen-bond donors (Lipinski definition) is 1. The van der Waals surface area contributed by atoms with Crippen LogP contribution in [0.15, 0.2) is 42.5 Å². The van der Waals surface area contributed by atoms with Gasteiger partial charge in [0.25, 0.3) is 5.91 Å². The van der Waals surface area contributed by atoms with Crippen molar-refractivity contribution in [2.75, 3.05) is 40.5 Å². The Morgan fingerprint density at radius 3 is 2.60 bits per heavy atom. The fraction of sp³-hybridized carbons (Fsp3) is 0.435. The Morgan fingerprint density at radius 1 is 1.13 bits per heavy atom. The number of carbonyl (C=O) groups is 1. The topological polar surface area (TPSA) is 60.0 Å². The van der Waals surface area contributed by atoms with Crippen LogP contribution in [0.2, 0.25) is 5.02 Å². The van der Waals surface area contributed by atoms with E-state index in [0.717, 1.165) is 38.2 Å². The molecule has 30 heavy (non-hydrogen) atoms. The number of benzene rings is 2. The van der Waals surface area contributed by atoms with Crippen LogP contribution in [0.3, 0.4) is 0 Å². The number of para-hydroxylation sites is 1. The molecule has 0 unspecified atom stereocenters. The molecule has 1 fully saturated rings. The molecular formula is C23H29ClN2O4. The quantitative estimate of drug-likeness (QED) is 0.611. The molecule has 1 saturated heterocycles. The van der Waals surface area contributed by atoms with E-state index in [1.54, 1.807) is 32.4 Å². The number of carbonyl (C=O) groups excluding carboxylic acids is 1. The number of hydrogen-bond acceptors (Lipinski definition) is 5. The summed E-state index contributed by atoms with van der Waals surface area (Å²) in [7, 11) is 3.30. The molecule has 1 N–H and O–H groups in total. The number of methoxy groups -OCH3 is 2. The van der Waals surface area contributed by atoms with Crippen LogP contribution in [0, 0.1) is 0 Å². The van der Waals surface area contributed by atoms with E-state index in [2.05, 4.69) is 16.3 Å². The highest BCUT2D eigenvalue weighted by Crippen LogP contribution is 2.29. The lowest BCUT2D eigenvalue weighted by molar-refractivity contribution is 0.0935. The highest BCUT2D eigenvalue weighted by atomic mass is 35.5. The third-order valence-electron chi connectivity index (χ3n) is 5.20. The summed E-state index contributed by atoms with van der Waals surface area (Å²) in [6.07, 6.45) is 1.95. The Labute approximate surface area is 183 Å². The van der Waals surface area contributed by atoms with E-state index in [-0.39, 0.29) is 12.0 Å². The van der Waals surface area contributed by atoms with Gasteiger partial charge in [0.15, 0.2) is 0 Å². The highest BCUT2D eigenvalue weighted by molar-refractivity contribution is 6.32. The predicted octanol–water partition coefficient (Wildman–Crippen LogP) is 3.77. The lowest BCUT2D eigenvalue weighted by Gasteiger charge is -2.32. The number of nitrogens with one attached hydrogen (secondary N) is 1. The number of amides is 1. The van der Waals surface area contributed by atoms with Gasteiger partial charge in [-0.1, -0.05) is 29.8 Å². The van der Waals surface area contributed by atoms with E-state index in [1.165, 1.54) is 5.56 Å². The molecule has 6 nitrogen and oxygen atoms in total. The number of piperidine rings is 1. The molecular weight excluding hydrogens is 404 g/mol. The minimum Gasteiger partial charge on any atom is -0.496 e. The second-order valence-corrected chi connectivity index (χ2v) is 7.71. The summed E-state index contributed by atoms with van der Waals surface area (Å²) >= 11 is 6.37. The van der Waals surface area contributed by atoms with Gasteiger partial charge in [0.05, 0.1) is 18.7 Å². The predicted molar refractivity (Wildman–Crippen MR) is 118 cm³/mol. The number of ether oxygens (including phenoxy) is 3. The Hall–Kier alpha value is -2.28. The first-order valence-electron chi connectivity index (χ1n) is 10.2. The Bertz CT molecular complexity index is 838. The minimum atomic E-state index is -0.176. The van der Waals surface area contributed by atoms with Crippen molar-refractivity contribution in [1.29, 1.82) is 0 Å². The molecule has 162 valence electrons. The van der Waals surface area contributed by atoms with E-state index >= 15 is 0 Å². The maximum atomic E-state index is 12.1. The zero-order chi connectivity index (χ0) is 21.3. The molecule has 2 aromatic carbocycles. The summed E-state index contributed by atoms with van der Waals surface area (Å²) in [5, 5.41) is 3.23. The van der Waals surface area contributed by atoms with Gasteiger partial charge in [-0.15, -0.1) is 0 Å². The number of nitrogens with zero attached hydrogens (tertiary/aromatic N) is 1. The van der Waals surface area contributed by atoms with Crippen molar-refractivity contribution in [2.45, 2.75) is 25.5 Å². The molecule has 1 aliphatic heterocycles. The summed E-state index contributed by atoms with van der Waals surface area (Å²) in [5.41, 5.74) is 1.71. The van der Waals surface area contributed by atoms with E-state index in [1.807, 2.05) is 18.2 Å². The standard InChI is InChI=1S/C23H29ClN2O4/c1-28-14-11-25-23(27)17-7-8-22(20(24)15-17)30-19-9-12-26(13-10-19)16-18-5-3-4-6-21(18)29-2/h3-8,15,19H,9-14,16H2,1-2H3,(H,25,27). The van der Waals surface area contributed by atoms with Gasteiger partial charge in [0, 0.05) is 44.4 Å². The van der Waals surface area contributed by atoms with Gasteiger partial charge in [-0.25, -0.2) is 0 Å². The van der Waals surface area contributed by atoms with Crippen molar-refractivity contribution in [3.05, 3.63) is 58.6 Å². The number of halogens is 1. The summed E-state index contributed by atoms with van der Waals surface area (Å²) in [5.74, 6) is 1.37. The summed E-state index contributed by atoms with van der Waals surface area (Å²) < 4.78 is 16.5. The molecule has 1 heterocycles.